The van der Waals surface area contributed by atoms with Crippen LogP contribution in [0.25, 0.3) is 0 Å². The predicted octanol–water partition coefficient (Wildman–Crippen LogP) is -0.282. The smallest absolute Gasteiger partial charge is 0.337 e. The van der Waals surface area contributed by atoms with E-state index >= 15 is 0 Å². The van der Waals surface area contributed by atoms with E-state index < -0.39 is 29.2 Å². The van der Waals surface area contributed by atoms with Crippen molar-refractivity contribution in [2.45, 2.75) is 17.5 Å². The quantitative estimate of drug-likeness (QED) is 0.301. The predicted molar refractivity (Wildman–Crippen MR) is 81.2 cm³/mol. The molecular weight excluding hydrogens is 322 g/mol. The van der Waals surface area contributed by atoms with Gasteiger partial charge < -0.3 is 20.5 Å². The summed E-state index contributed by atoms with van der Waals surface area (Å²) in [4.78, 5) is 36.6. The fourth-order valence-corrected chi connectivity index (χ4v) is 3.99. The van der Waals surface area contributed by atoms with Crippen LogP contribution in [0.4, 0.5) is 0 Å². The van der Waals surface area contributed by atoms with Crippen LogP contribution in [0.5, 0.6) is 0 Å². The van der Waals surface area contributed by atoms with Gasteiger partial charge >= 0.3 is 5.97 Å². The average Bonchev–Trinajstić information content (AvgIpc) is 2.95. The van der Waals surface area contributed by atoms with Crippen molar-refractivity contribution in [1.29, 1.82) is 0 Å². The zero-order valence-electron chi connectivity index (χ0n) is 11.7. The number of oxime groups is 1. The largest absolute Gasteiger partial charge is 0.479 e. The number of nitrogens with one attached hydrogen (secondary N) is 1. The van der Waals surface area contributed by atoms with E-state index in [9.17, 15) is 14.4 Å². The molecule has 0 aromatic heterocycles. The maximum Gasteiger partial charge on any atom is 0.337 e. The van der Waals surface area contributed by atoms with Crippen molar-refractivity contribution < 1.29 is 24.7 Å². The third kappa shape index (κ3) is 2.52. The van der Waals surface area contributed by atoms with Gasteiger partial charge in [0.15, 0.2) is 11.1 Å². The third-order valence-corrected chi connectivity index (χ3v) is 5.08. The van der Waals surface area contributed by atoms with Crippen molar-refractivity contribution in [3.05, 3.63) is 35.9 Å². The summed E-state index contributed by atoms with van der Waals surface area (Å²) in [6, 6.07) is 7.20. The number of rotatable bonds is 4. The number of carbonyl (C=O) groups is 3. The minimum absolute atomic E-state index is 0.197. The number of nitrogens with zero attached hydrogens (tertiary/aromatic N) is 2. The Bertz CT molecular complexity index is 693. The maximum atomic E-state index is 12.2. The first-order valence-electron chi connectivity index (χ1n) is 6.79. The minimum Gasteiger partial charge on any atom is -0.479 e. The van der Waals surface area contributed by atoms with Gasteiger partial charge in [0.1, 0.15) is 6.04 Å². The Kier molecular flexibility index (Phi) is 3.95. The van der Waals surface area contributed by atoms with Crippen LogP contribution in [0, 0.1) is 0 Å². The number of hydrogen-bond acceptors (Lipinski definition) is 6. The number of carbonyl (C=O) groups excluding carboxylic acids is 2. The molecule has 0 radical (unpaired) electrons. The summed E-state index contributed by atoms with van der Waals surface area (Å²) in [6.45, 7) is 0. The molecule has 0 saturated carbocycles. The highest BCUT2D eigenvalue weighted by molar-refractivity contribution is 8.00. The molecule has 0 bridgehead atoms. The number of hydrogen-bond donors (Lipinski definition) is 3. The summed E-state index contributed by atoms with van der Waals surface area (Å²) < 4.78 is 0. The molecule has 0 aliphatic carbocycles. The average molecular weight is 335 g/mol. The van der Waals surface area contributed by atoms with Gasteiger partial charge in [0, 0.05) is 11.3 Å². The Labute approximate surface area is 135 Å². The number of aliphatic carboxylic acids is 1. The second-order valence-corrected chi connectivity index (χ2v) is 6.22. The molecule has 3 atom stereocenters. The number of fused-ring (bicyclic) bond motifs is 1. The van der Waals surface area contributed by atoms with E-state index in [4.69, 9.17) is 10.3 Å². The molecule has 23 heavy (non-hydrogen) atoms. The highest BCUT2D eigenvalue weighted by atomic mass is 32.2. The van der Waals surface area contributed by atoms with Gasteiger partial charge in [0.25, 0.3) is 5.91 Å². The first-order valence-corrected chi connectivity index (χ1v) is 7.84. The van der Waals surface area contributed by atoms with Crippen molar-refractivity contribution in [1.82, 2.24) is 10.2 Å². The van der Waals surface area contributed by atoms with Crippen LogP contribution in [0.2, 0.25) is 0 Å². The normalized spacial score (nSPS) is 26.4. The van der Waals surface area contributed by atoms with Crippen molar-refractivity contribution in [3.63, 3.8) is 0 Å². The number of benzene rings is 1. The van der Waals surface area contributed by atoms with Crippen molar-refractivity contribution in [2.75, 3.05) is 5.75 Å². The van der Waals surface area contributed by atoms with E-state index in [1.54, 1.807) is 30.3 Å². The van der Waals surface area contributed by atoms with Crippen molar-refractivity contribution in [3.8, 4) is 0 Å². The Morgan fingerprint density at radius 3 is 2.61 bits per heavy atom. The van der Waals surface area contributed by atoms with E-state index in [2.05, 4.69) is 10.5 Å². The number of thioether (sulfide) groups is 1. The van der Waals surface area contributed by atoms with Gasteiger partial charge in [-0.1, -0.05) is 35.5 Å². The lowest BCUT2D eigenvalue weighted by molar-refractivity contribution is -0.158. The molecule has 2 aliphatic heterocycles. The van der Waals surface area contributed by atoms with Gasteiger partial charge in [0.2, 0.25) is 5.91 Å². The van der Waals surface area contributed by atoms with Crippen molar-refractivity contribution in [2.24, 2.45) is 5.16 Å². The van der Waals surface area contributed by atoms with Gasteiger partial charge in [-0.25, -0.2) is 4.79 Å². The summed E-state index contributed by atoms with van der Waals surface area (Å²) in [5.74, 6) is -1.76. The molecule has 2 aliphatic rings. The van der Waals surface area contributed by atoms with E-state index in [0.29, 0.717) is 11.3 Å². The topological polar surface area (TPSA) is 119 Å². The fraction of sp³-hybridized carbons (Fsp3) is 0.286. The van der Waals surface area contributed by atoms with E-state index in [1.807, 2.05) is 0 Å². The minimum atomic E-state index is -1.07. The summed E-state index contributed by atoms with van der Waals surface area (Å²) >= 11 is 1.15. The lowest BCUT2D eigenvalue weighted by Gasteiger charge is -2.43. The monoisotopic (exact) mass is 335 g/mol. The number of carboxylic acids is 1. The Morgan fingerprint density at radius 2 is 2.00 bits per heavy atom. The maximum absolute atomic E-state index is 12.2. The molecule has 9 heteroatoms. The van der Waals surface area contributed by atoms with Gasteiger partial charge in [-0.05, 0) is 0 Å². The summed E-state index contributed by atoms with van der Waals surface area (Å²) in [5.41, 5.74) is 0.220. The summed E-state index contributed by atoms with van der Waals surface area (Å²) in [6.07, 6.45) is 0. The number of amides is 2. The molecule has 2 unspecified atom stereocenters. The molecule has 120 valence electrons. The third-order valence-electron chi connectivity index (χ3n) is 3.80. The van der Waals surface area contributed by atoms with Crippen LogP contribution in [0.3, 0.4) is 0 Å². The molecule has 8 nitrogen and oxygen atoms in total. The molecular formula is C14H13N3O5S. The Balaban J connectivity index is 1.70. The van der Waals surface area contributed by atoms with E-state index in [0.717, 1.165) is 11.8 Å². The van der Waals surface area contributed by atoms with Gasteiger partial charge in [0.05, 0.1) is 6.04 Å². The van der Waals surface area contributed by atoms with Crippen LogP contribution in [-0.2, 0) is 14.4 Å². The van der Waals surface area contributed by atoms with Gasteiger partial charge in [-0.15, -0.1) is 11.8 Å². The zero-order chi connectivity index (χ0) is 16.6. The summed E-state index contributed by atoms with van der Waals surface area (Å²) in [5, 5.41) is 22.7. The molecule has 3 N–H and O–H groups in total. The first kappa shape index (κ1) is 15.3. The van der Waals surface area contributed by atoms with Crippen LogP contribution in [0.15, 0.2) is 35.5 Å². The van der Waals surface area contributed by atoms with Crippen LogP contribution >= 0.6 is 11.8 Å². The Hall–Kier alpha value is -2.55. The molecule has 2 fully saturated rings. The Morgan fingerprint density at radius 1 is 1.30 bits per heavy atom. The molecule has 0 spiro atoms. The van der Waals surface area contributed by atoms with Crippen molar-refractivity contribution >= 4 is 35.3 Å². The second kappa shape index (κ2) is 5.92. The lowest BCUT2D eigenvalue weighted by Crippen LogP contribution is -2.71. The zero-order valence-corrected chi connectivity index (χ0v) is 12.6. The molecule has 2 saturated heterocycles. The molecule has 2 heterocycles. The first-order chi connectivity index (χ1) is 11.0. The van der Waals surface area contributed by atoms with Gasteiger partial charge in [-0.2, -0.15) is 0 Å². The summed E-state index contributed by atoms with van der Waals surface area (Å²) in [7, 11) is 0. The fourth-order valence-electron chi connectivity index (χ4n) is 2.69. The number of carboxylic acid groups (broad SMARTS) is 1. The molecule has 1 aromatic carbocycles. The van der Waals surface area contributed by atoms with Crippen LogP contribution in [0.1, 0.15) is 5.56 Å². The van der Waals surface area contributed by atoms with E-state index in [1.165, 1.54) is 4.90 Å². The standard InChI is InChI=1S/C14H13N3O5S/c18-11(9(16-22)7-4-2-1-3-5-7)15-10-8-6-23-13(14(20)21)17(8)12(10)19/h1-5,8,10,13,22H,6H2,(H,15,18)(H,20,21)/t8?,10-,13?/m0/s1. The van der Waals surface area contributed by atoms with E-state index in [-0.39, 0.29) is 11.8 Å². The molecule has 2 amide bonds. The van der Waals surface area contributed by atoms with Crippen LogP contribution in [-0.4, -0.2) is 61.9 Å². The van der Waals surface area contributed by atoms with Gasteiger partial charge in [-0.3, -0.25) is 9.59 Å². The number of β-lactam (4-membered cyclic amide) rings is 1. The lowest BCUT2D eigenvalue weighted by atomic mass is 9.96. The van der Waals surface area contributed by atoms with Crippen LogP contribution < -0.4 is 5.32 Å². The molecule has 1 aromatic rings. The highest BCUT2D eigenvalue weighted by Gasteiger charge is 2.57. The second-order valence-electron chi connectivity index (χ2n) is 5.10. The SMILES string of the molecule is O=C(N[C@@H]1C(=O)N2C(C(=O)O)SCC12)C(=NO)c1ccccc1. The highest BCUT2D eigenvalue weighted by Crippen LogP contribution is 2.38. The molecule has 3 rings (SSSR count).